The Morgan fingerprint density at radius 1 is 1.24 bits per heavy atom. The molecular formula is C14H23FN2. The molecular weight excluding hydrogens is 215 g/mol. The number of likely N-dealkylation sites (N-methyl/N-ethyl adjacent to an activating group) is 1. The number of anilines is 1. The van der Waals surface area contributed by atoms with Crippen molar-refractivity contribution in [2.45, 2.75) is 33.7 Å². The van der Waals surface area contributed by atoms with Gasteiger partial charge in [0.25, 0.3) is 0 Å². The van der Waals surface area contributed by atoms with Crippen molar-refractivity contribution in [2.75, 3.05) is 18.4 Å². The largest absolute Gasteiger partial charge is 0.380 e. The van der Waals surface area contributed by atoms with E-state index < -0.39 is 0 Å². The topological polar surface area (TPSA) is 15.3 Å². The standard InChI is InChI=1S/C14H23FN2/c1-5-17(15)11-13(14(2,3)4)16-12-9-7-6-8-10-12/h6-10,13,16H,5,11H2,1-4H3. The van der Waals surface area contributed by atoms with E-state index in [1.165, 1.54) is 0 Å². The van der Waals surface area contributed by atoms with Gasteiger partial charge in [0.2, 0.25) is 0 Å². The minimum absolute atomic E-state index is 0.00928. The van der Waals surface area contributed by atoms with Crippen LogP contribution in [0.1, 0.15) is 27.7 Å². The van der Waals surface area contributed by atoms with Gasteiger partial charge >= 0.3 is 0 Å². The summed E-state index contributed by atoms with van der Waals surface area (Å²) in [4.78, 5) is 0. The third-order valence-corrected chi connectivity index (χ3v) is 2.88. The van der Waals surface area contributed by atoms with E-state index in [9.17, 15) is 4.48 Å². The smallest absolute Gasteiger partial charge is 0.0497 e. The number of halogens is 1. The SMILES string of the molecule is CCN(F)CC(Nc1ccccc1)C(C)(C)C. The lowest BCUT2D eigenvalue weighted by molar-refractivity contribution is 0.0160. The van der Waals surface area contributed by atoms with Crippen molar-refractivity contribution in [1.82, 2.24) is 5.12 Å². The van der Waals surface area contributed by atoms with Crippen molar-refractivity contribution in [2.24, 2.45) is 5.41 Å². The minimum atomic E-state index is 0.00928. The van der Waals surface area contributed by atoms with Crippen LogP contribution in [-0.4, -0.2) is 24.3 Å². The van der Waals surface area contributed by atoms with Crippen molar-refractivity contribution < 1.29 is 4.48 Å². The van der Waals surface area contributed by atoms with Gasteiger partial charge in [-0.2, -0.15) is 0 Å². The lowest BCUT2D eigenvalue weighted by Crippen LogP contribution is -2.42. The summed E-state index contributed by atoms with van der Waals surface area (Å²) in [6.07, 6.45) is 0. The fourth-order valence-corrected chi connectivity index (χ4v) is 1.60. The van der Waals surface area contributed by atoms with Crippen molar-refractivity contribution in [3.05, 3.63) is 30.3 Å². The maximum Gasteiger partial charge on any atom is 0.0497 e. The zero-order chi connectivity index (χ0) is 12.9. The van der Waals surface area contributed by atoms with Gasteiger partial charge in [0.1, 0.15) is 0 Å². The van der Waals surface area contributed by atoms with Gasteiger partial charge in [0.15, 0.2) is 0 Å². The first-order valence-corrected chi connectivity index (χ1v) is 6.15. The number of hydrogen-bond donors (Lipinski definition) is 1. The molecule has 0 aliphatic carbocycles. The highest BCUT2D eigenvalue weighted by Gasteiger charge is 2.26. The molecule has 0 aliphatic rings. The van der Waals surface area contributed by atoms with Crippen LogP contribution < -0.4 is 5.32 Å². The molecule has 17 heavy (non-hydrogen) atoms. The molecule has 0 heterocycles. The number of benzene rings is 1. The maximum absolute atomic E-state index is 13.4. The van der Waals surface area contributed by atoms with Crippen LogP contribution in [0.3, 0.4) is 0 Å². The molecule has 0 bridgehead atoms. The van der Waals surface area contributed by atoms with Gasteiger partial charge in [-0.05, 0) is 24.5 Å². The molecule has 1 unspecified atom stereocenters. The average Bonchev–Trinajstić information content (AvgIpc) is 2.28. The van der Waals surface area contributed by atoms with E-state index in [0.29, 0.717) is 13.1 Å². The Kier molecular flexibility index (Phi) is 4.94. The Bertz CT molecular complexity index is 319. The first-order valence-electron chi connectivity index (χ1n) is 6.15. The summed E-state index contributed by atoms with van der Waals surface area (Å²) in [5.74, 6) is 0. The minimum Gasteiger partial charge on any atom is -0.380 e. The van der Waals surface area contributed by atoms with E-state index >= 15 is 0 Å². The second-order valence-electron chi connectivity index (χ2n) is 5.39. The summed E-state index contributed by atoms with van der Waals surface area (Å²) in [6.45, 7) is 9.01. The first kappa shape index (κ1) is 14.0. The highest BCUT2D eigenvalue weighted by atomic mass is 19.2. The van der Waals surface area contributed by atoms with Gasteiger partial charge in [-0.1, -0.05) is 39.0 Å². The summed E-state index contributed by atoms with van der Waals surface area (Å²) in [7, 11) is 0. The zero-order valence-corrected chi connectivity index (χ0v) is 11.2. The van der Waals surface area contributed by atoms with E-state index in [1.807, 2.05) is 37.3 Å². The molecule has 1 aromatic rings. The molecule has 0 aliphatic heterocycles. The van der Waals surface area contributed by atoms with Gasteiger partial charge in [-0.3, -0.25) is 0 Å². The van der Waals surface area contributed by atoms with Crippen LogP contribution in [0.2, 0.25) is 0 Å². The summed E-state index contributed by atoms with van der Waals surface area (Å²) >= 11 is 0. The van der Waals surface area contributed by atoms with Crippen LogP contribution in [0.25, 0.3) is 0 Å². The Hall–Kier alpha value is -1.09. The molecule has 1 rings (SSSR count). The maximum atomic E-state index is 13.4. The van der Waals surface area contributed by atoms with Crippen LogP contribution in [-0.2, 0) is 0 Å². The van der Waals surface area contributed by atoms with E-state index in [-0.39, 0.29) is 11.5 Å². The lowest BCUT2D eigenvalue weighted by atomic mass is 9.86. The molecule has 0 saturated carbocycles. The van der Waals surface area contributed by atoms with Gasteiger partial charge in [0, 0.05) is 24.8 Å². The lowest BCUT2D eigenvalue weighted by Gasteiger charge is -2.33. The molecule has 2 nitrogen and oxygen atoms in total. The Balaban J connectivity index is 2.71. The average molecular weight is 238 g/mol. The highest BCUT2D eigenvalue weighted by molar-refractivity contribution is 5.43. The number of rotatable bonds is 5. The molecule has 0 fully saturated rings. The molecule has 0 radical (unpaired) electrons. The van der Waals surface area contributed by atoms with Crippen LogP contribution in [0, 0.1) is 5.41 Å². The van der Waals surface area contributed by atoms with Crippen molar-refractivity contribution in [1.29, 1.82) is 0 Å². The predicted molar refractivity (Wildman–Crippen MR) is 71.7 cm³/mol. The Morgan fingerprint density at radius 2 is 1.82 bits per heavy atom. The third kappa shape index (κ3) is 4.73. The Labute approximate surface area is 104 Å². The third-order valence-electron chi connectivity index (χ3n) is 2.88. The van der Waals surface area contributed by atoms with Crippen LogP contribution in [0.4, 0.5) is 10.2 Å². The predicted octanol–water partition coefficient (Wildman–Crippen LogP) is 3.72. The van der Waals surface area contributed by atoms with Crippen molar-refractivity contribution in [3.63, 3.8) is 0 Å². The van der Waals surface area contributed by atoms with E-state index in [1.54, 1.807) is 0 Å². The van der Waals surface area contributed by atoms with Gasteiger partial charge in [-0.15, -0.1) is 9.60 Å². The first-order chi connectivity index (χ1) is 7.93. The summed E-state index contributed by atoms with van der Waals surface area (Å²) in [5.41, 5.74) is 1.05. The van der Waals surface area contributed by atoms with E-state index in [2.05, 4.69) is 26.1 Å². The summed E-state index contributed by atoms with van der Waals surface area (Å²) in [5, 5.41) is 4.26. The molecule has 0 aromatic heterocycles. The van der Waals surface area contributed by atoms with Crippen LogP contribution >= 0.6 is 0 Å². The molecule has 1 aromatic carbocycles. The van der Waals surface area contributed by atoms with Crippen LogP contribution in [0.15, 0.2) is 30.3 Å². The van der Waals surface area contributed by atoms with Crippen molar-refractivity contribution in [3.8, 4) is 0 Å². The van der Waals surface area contributed by atoms with Crippen molar-refractivity contribution >= 4 is 5.69 Å². The second kappa shape index (κ2) is 6.01. The number of para-hydroxylation sites is 1. The highest BCUT2D eigenvalue weighted by Crippen LogP contribution is 2.24. The summed E-state index contributed by atoms with van der Waals surface area (Å²) in [6, 6.07) is 10.0. The molecule has 0 amide bonds. The second-order valence-corrected chi connectivity index (χ2v) is 5.39. The molecule has 3 heteroatoms. The van der Waals surface area contributed by atoms with Gasteiger partial charge in [-0.25, -0.2) is 0 Å². The van der Waals surface area contributed by atoms with Gasteiger partial charge in [0.05, 0.1) is 0 Å². The summed E-state index contributed by atoms with van der Waals surface area (Å²) < 4.78 is 13.4. The number of hydrogen-bond acceptors (Lipinski definition) is 2. The number of nitrogens with one attached hydrogen (secondary N) is 1. The fourth-order valence-electron chi connectivity index (χ4n) is 1.60. The van der Waals surface area contributed by atoms with Gasteiger partial charge < -0.3 is 5.32 Å². The van der Waals surface area contributed by atoms with E-state index in [0.717, 1.165) is 10.8 Å². The molecule has 1 atom stereocenters. The quantitative estimate of drug-likeness (QED) is 0.786. The molecule has 0 spiro atoms. The number of nitrogens with zero attached hydrogens (tertiary/aromatic N) is 1. The molecule has 96 valence electrons. The van der Waals surface area contributed by atoms with Crippen LogP contribution in [0.5, 0.6) is 0 Å². The zero-order valence-electron chi connectivity index (χ0n) is 11.2. The fraction of sp³-hybridized carbons (Fsp3) is 0.571. The normalized spacial score (nSPS) is 13.8. The monoisotopic (exact) mass is 238 g/mol. The van der Waals surface area contributed by atoms with E-state index in [4.69, 9.17) is 0 Å². The Morgan fingerprint density at radius 3 is 2.29 bits per heavy atom. The molecule has 0 saturated heterocycles. The molecule has 1 N–H and O–H groups in total.